The molecule has 0 aromatic carbocycles. The number of nitrogens with zero attached hydrogens (tertiary/aromatic N) is 2. The van der Waals surface area contributed by atoms with Crippen molar-refractivity contribution in [3.63, 3.8) is 0 Å². The maximum absolute atomic E-state index is 11.7. The van der Waals surface area contributed by atoms with E-state index >= 15 is 0 Å². The van der Waals surface area contributed by atoms with Gasteiger partial charge in [-0.25, -0.2) is 0 Å². The van der Waals surface area contributed by atoms with Crippen molar-refractivity contribution < 1.29 is 4.79 Å². The van der Waals surface area contributed by atoms with E-state index in [9.17, 15) is 4.79 Å². The molecule has 1 saturated heterocycles. The van der Waals surface area contributed by atoms with Gasteiger partial charge in [0.25, 0.3) is 0 Å². The predicted molar refractivity (Wildman–Crippen MR) is 69.4 cm³/mol. The Morgan fingerprint density at radius 2 is 2.47 bits per heavy atom. The lowest BCUT2D eigenvalue weighted by atomic mass is 10.0. The highest BCUT2D eigenvalue weighted by Crippen LogP contribution is 2.14. The monoisotopic (exact) mass is 258 g/mol. The van der Waals surface area contributed by atoms with Crippen LogP contribution in [0.15, 0.2) is 6.07 Å². The van der Waals surface area contributed by atoms with E-state index in [1.54, 1.807) is 4.68 Å². The lowest BCUT2D eigenvalue weighted by Gasteiger charge is -2.08. The van der Waals surface area contributed by atoms with Crippen molar-refractivity contribution >= 4 is 24.1 Å². The van der Waals surface area contributed by atoms with Crippen LogP contribution in [0.2, 0.25) is 0 Å². The SMILES string of the molecule is Cc1cc(NC(=O)CC2CCNC2)n(C)n1.Cl. The maximum Gasteiger partial charge on any atom is 0.225 e. The second kappa shape index (κ2) is 6.02. The van der Waals surface area contributed by atoms with Crippen LogP contribution in [0.25, 0.3) is 0 Å². The molecular formula is C11H19ClN4O. The molecule has 0 saturated carbocycles. The molecule has 1 amide bonds. The molecule has 0 spiro atoms. The number of aromatic nitrogens is 2. The van der Waals surface area contributed by atoms with Gasteiger partial charge in [0.05, 0.1) is 5.69 Å². The minimum absolute atomic E-state index is 0. The quantitative estimate of drug-likeness (QED) is 0.853. The van der Waals surface area contributed by atoms with Crippen molar-refractivity contribution in [3.05, 3.63) is 11.8 Å². The van der Waals surface area contributed by atoms with Gasteiger partial charge in [-0.05, 0) is 32.4 Å². The Morgan fingerprint density at radius 1 is 1.71 bits per heavy atom. The third-order valence-corrected chi connectivity index (χ3v) is 2.91. The molecule has 1 aromatic rings. The third kappa shape index (κ3) is 3.71. The summed E-state index contributed by atoms with van der Waals surface area (Å²) in [4.78, 5) is 11.7. The second-order valence-corrected chi connectivity index (χ2v) is 4.41. The molecular weight excluding hydrogens is 240 g/mol. The van der Waals surface area contributed by atoms with E-state index in [0.717, 1.165) is 31.0 Å². The van der Waals surface area contributed by atoms with Gasteiger partial charge in [0.1, 0.15) is 5.82 Å². The van der Waals surface area contributed by atoms with Gasteiger partial charge in [0.15, 0.2) is 0 Å². The first-order valence-corrected chi connectivity index (χ1v) is 5.66. The first-order valence-electron chi connectivity index (χ1n) is 5.66. The molecule has 5 nitrogen and oxygen atoms in total. The molecule has 2 heterocycles. The summed E-state index contributed by atoms with van der Waals surface area (Å²) >= 11 is 0. The summed E-state index contributed by atoms with van der Waals surface area (Å²) in [6, 6.07) is 1.88. The number of anilines is 1. The number of rotatable bonds is 3. The Morgan fingerprint density at radius 3 is 3.00 bits per heavy atom. The highest BCUT2D eigenvalue weighted by Gasteiger charge is 2.18. The molecule has 0 bridgehead atoms. The number of halogens is 1. The van der Waals surface area contributed by atoms with Crippen LogP contribution in [0.3, 0.4) is 0 Å². The third-order valence-electron chi connectivity index (χ3n) is 2.91. The molecule has 0 aliphatic carbocycles. The number of nitrogens with one attached hydrogen (secondary N) is 2. The topological polar surface area (TPSA) is 59.0 Å². The molecule has 0 radical (unpaired) electrons. The average molecular weight is 259 g/mol. The highest BCUT2D eigenvalue weighted by molar-refractivity contribution is 5.90. The van der Waals surface area contributed by atoms with Crippen LogP contribution < -0.4 is 10.6 Å². The molecule has 96 valence electrons. The minimum atomic E-state index is 0. The molecule has 2 rings (SSSR count). The molecule has 1 unspecified atom stereocenters. The smallest absolute Gasteiger partial charge is 0.225 e. The zero-order chi connectivity index (χ0) is 11.5. The number of hydrogen-bond donors (Lipinski definition) is 2. The highest BCUT2D eigenvalue weighted by atomic mass is 35.5. The van der Waals surface area contributed by atoms with Gasteiger partial charge in [-0.3, -0.25) is 9.48 Å². The van der Waals surface area contributed by atoms with Crippen molar-refractivity contribution in [2.75, 3.05) is 18.4 Å². The predicted octanol–water partition coefficient (Wildman–Crippen LogP) is 1.09. The number of hydrogen-bond acceptors (Lipinski definition) is 3. The fourth-order valence-electron chi connectivity index (χ4n) is 2.07. The fraction of sp³-hybridized carbons (Fsp3) is 0.636. The van der Waals surface area contributed by atoms with E-state index in [0.29, 0.717) is 12.3 Å². The Labute approximate surface area is 107 Å². The zero-order valence-electron chi connectivity index (χ0n) is 10.2. The Bertz CT molecular complexity index is 385. The molecule has 1 aliphatic heterocycles. The molecule has 17 heavy (non-hydrogen) atoms. The van der Waals surface area contributed by atoms with Gasteiger partial charge in [-0.1, -0.05) is 0 Å². The number of carbonyl (C=O) groups excluding carboxylic acids is 1. The molecule has 1 aliphatic rings. The van der Waals surface area contributed by atoms with E-state index in [1.807, 2.05) is 20.0 Å². The van der Waals surface area contributed by atoms with Crippen LogP contribution in [-0.2, 0) is 11.8 Å². The van der Waals surface area contributed by atoms with E-state index < -0.39 is 0 Å². The maximum atomic E-state index is 11.7. The second-order valence-electron chi connectivity index (χ2n) is 4.41. The van der Waals surface area contributed by atoms with E-state index in [1.165, 1.54) is 0 Å². The summed E-state index contributed by atoms with van der Waals surface area (Å²) in [5.74, 6) is 1.33. The van der Waals surface area contributed by atoms with E-state index in [4.69, 9.17) is 0 Å². The first kappa shape index (κ1) is 14.0. The van der Waals surface area contributed by atoms with E-state index in [2.05, 4.69) is 15.7 Å². The number of carbonyl (C=O) groups is 1. The lowest BCUT2D eigenvalue weighted by molar-refractivity contribution is -0.117. The van der Waals surface area contributed by atoms with Crippen molar-refractivity contribution in [1.82, 2.24) is 15.1 Å². The van der Waals surface area contributed by atoms with Gasteiger partial charge < -0.3 is 10.6 Å². The van der Waals surface area contributed by atoms with Crippen molar-refractivity contribution in [2.45, 2.75) is 19.8 Å². The number of aryl methyl sites for hydroxylation is 2. The zero-order valence-corrected chi connectivity index (χ0v) is 11.0. The van der Waals surface area contributed by atoms with Crippen LogP contribution in [0.5, 0.6) is 0 Å². The normalized spacial score (nSPS) is 18.8. The Hall–Kier alpha value is -1.07. The molecule has 1 atom stereocenters. The van der Waals surface area contributed by atoms with Crippen molar-refractivity contribution in [1.29, 1.82) is 0 Å². The van der Waals surface area contributed by atoms with Crippen LogP contribution >= 0.6 is 12.4 Å². The summed E-state index contributed by atoms with van der Waals surface area (Å²) in [7, 11) is 1.83. The van der Waals surface area contributed by atoms with Crippen LogP contribution in [0, 0.1) is 12.8 Å². The van der Waals surface area contributed by atoms with Crippen LogP contribution in [0.4, 0.5) is 5.82 Å². The minimum Gasteiger partial charge on any atom is -0.316 e. The van der Waals surface area contributed by atoms with Gasteiger partial charge in [-0.15, -0.1) is 12.4 Å². The molecule has 6 heteroatoms. The average Bonchev–Trinajstić information content (AvgIpc) is 2.78. The molecule has 2 N–H and O–H groups in total. The summed E-state index contributed by atoms with van der Waals surface area (Å²) in [6.07, 6.45) is 1.69. The summed E-state index contributed by atoms with van der Waals surface area (Å²) in [5, 5.41) is 10.3. The van der Waals surface area contributed by atoms with E-state index in [-0.39, 0.29) is 18.3 Å². The van der Waals surface area contributed by atoms with Gasteiger partial charge >= 0.3 is 0 Å². The summed E-state index contributed by atoms with van der Waals surface area (Å²) in [6.45, 7) is 3.90. The Kier molecular flexibility index (Phi) is 4.96. The van der Waals surface area contributed by atoms with Gasteiger partial charge in [-0.2, -0.15) is 5.10 Å². The summed E-state index contributed by atoms with van der Waals surface area (Å²) in [5.41, 5.74) is 0.917. The lowest BCUT2D eigenvalue weighted by Crippen LogP contribution is -2.19. The van der Waals surface area contributed by atoms with Gasteiger partial charge in [0.2, 0.25) is 5.91 Å². The first-order chi connectivity index (χ1) is 7.65. The van der Waals surface area contributed by atoms with Crippen molar-refractivity contribution in [3.8, 4) is 0 Å². The largest absolute Gasteiger partial charge is 0.316 e. The Balaban J connectivity index is 0.00000144. The number of amides is 1. The van der Waals surface area contributed by atoms with Gasteiger partial charge in [0, 0.05) is 19.5 Å². The summed E-state index contributed by atoms with van der Waals surface area (Å²) < 4.78 is 1.69. The standard InChI is InChI=1S/C11H18N4O.ClH/c1-8-5-10(15(2)14-8)13-11(16)6-9-3-4-12-7-9;/h5,9,12H,3-4,6-7H2,1-2H3,(H,13,16);1H. The molecule has 1 fully saturated rings. The fourth-order valence-corrected chi connectivity index (χ4v) is 2.07. The van der Waals surface area contributed by atoms with Crippen LogP contribution in [-0.4, -0.2) is 28.8 Å². The van der Waals surface area contributed by atoms with Crippen molar-refractivity contribution in [2.24, 2.45) is 13.0 Å². The molecule has 1 aromatic heterocycles. The van der Waals surface area contributed by atoms with Crippen LogP contribution in [0.1, 0.15) is 18.5 Å².